The number of nitrogens with one attached hydrogen (secondary N) is 1. The molecule has 1 saturated heterocycles. The van der Waals surface area contributed by atoms with Crippen molar-refractivity contribution in [2.75, 3.05) is 26.4 Å². The summed E-state index contributed by atoms with van der Waals surface area (Å²) in [6.07, 6.45) is 0.855. The van der Waals surface area contributed by atoms with Crippen molar-refractivity contribution in [1.29, 1.82) is 0 Å². The van der Waals surface area contributed by atoms with E-state index < -0.39 is 15.6 Å². The zero-order valence-corrected chi connectivity index (χ0v) is 14.7. The molecule has 0 atom stereocenters. The van der Waals surface area contributed by atoms with Crippen LogP contribution in [0.2, 0.25) is 0 Å². The Kier molecular flexibility index (Phi) is 5.67. The lowest BCUT2D eigenvalue weighted by Gasteiger charge is -2.32. The van der Waals surface area contributed by atoms with Gasteiger partial charge in [0.2, 0.25) is 10.0 Å². The normalized spacial score (nSPS) is 17.9. The van der Waals surface area contributed by atoms with Crippen LogP contribution in [0, 0.1) is 13.8 Å². The third kappa shape index (κ3) is 4.44. The molecule has 1 heterocycles. The third-order valence-corrected chi connectivity index (χ3v) is 5.43. The van der Waals surface area contributed by atoms with E-state index in [4.69, 9.17) is 9.47 Å². The molecule has 0 aromatic heterocycles. The number of benzene rings is 1. The number of hydrogen-bond donors (Lipinski definition) is 2. The summed E-state index contributed by atoms with van der Waals surface area (Å²) in [4.78, 5) is 0.187. The molecule has 0 spiro atoms. The van der Waals surface area contributed by atoms with Crippen LogP contribution < -0.4 is 9.46 Å². The first-order chi connectivity index (χ1) is 10.8. The maximum absolute atomic E-state index is 12.5. The minimum atomic E-state index is -3.68. The van der Waals surface area contributed by atoms with E-state index in [1.165, 1.54) is 0 Å². The standard InChI is InChI=1S/C16H25NO5S/c1-4-22-15-12(2)9-14(10-13(15)3)23(19,20)17-11-16(18)5-7-21-8-6-16/h9-10,17-18H,4-8,11H2,1-3H3. The Bertz CT molecular complexity index is 627. The predicted molar refractivity (Wildman–Crippen MR) is 87.3 cm³/mol. The molecule has 0 saturated carbocycles. The highest BCUT2D eigenvalue weighted by Gasteiger charge is 2.31. The van der Waals surface area contributed by atoms with Crippen LogP contribution in [0.4, 0.5) is 0 Å². The molecule has 0 unspecified atom stereocenters. The molecule has 6 nitrogen and oxygen atoms in total. The molecule has 1 aliphatic rings. The van der Waals surface area contributed by atoms with Gasteiger partial charge in [0.1, 0.15) is 5.75 Å². The fraction of sp³-hybridized carbons (Fsp3) is 0.625. The Morgan fingerprint density at radius 2 is 1.83 bits per heavy atom. The second kappa shape index (κ2) is 7.17. The van der Waals surface area contributed by atoms with Crippen molar-refractivity contribution < 1.29 is 23.0 Å². The summed E-state index contributed by atoms with van der Waals surface area (Å²) in [6, 6.07) is 3.18. The predicted octanol–water partition coefficient (Wildman–Crippen LogP) is 1.52. The van der Waals surface area contributed by atoms with Gasteiger partial charge in [-0.15, -0.1) is 0 Å². The van der Waals surface area contributed by atoms with Gasteiger partial charge in [-0.1, -0.05) is 0 Å². The van der Waals surface area contributed by atoms with E-state index in [-0.39, 0.29) is 11.4 Å². The number of aliphatic hydroxyl groups is 1. The number of rotatable bonds is 6. The highest BCUT2D eigenvalue weighted by molar-refractivity contribution is 7.89. The minimum absolute atomic E-state index is 0.00992. The van der Waals surface area contributed by atoms with E-state index in [9.17, 15) is 13.5 Å². The van der Waals surface area contributed by atoms with Crippen molar-refractivity contribution in [3.8, 4) is 5.75 Å². The molecule has 23 heavy (non-hydrogen) atoms. The number of ether oxygens (including phenoxy) is 2. The maximum Gasteiger partial charge on any atom is 0.240 e. The van der Waals surface area contributed by atoms with Crippen LogP contribution >= 0.6 is 0 Å². The van der Waals surface area contributed by atoms with Crippen molar-refractivity contribution in [2.45, 2.75) is 44.1 Å². The van der Waals surface area contributed by atoms with Crippen molar-refractivity contribution in [2.24, 2.45) is 0 Å². The van der Waals surface area contributed by atoms with Gasteiger partial charge in [0.25, 0.3) is 0 Å². The van der Waals surface area contributed by atoms with Crippen LogP contribution in [0.3, 0.4) is 0 Å². The lowest BCUT2D eigenvalue weighted by atomic mass is 9.95. The Morgan fingerprint density at radius 1 is 1.26 bits per heavy atom. The summed E-state index contributed by atoms with van der Waals surface area (Å²) in [7, 11) is -3.68. The van der Waals surface area contributed by atoms with Crippen LogP contribution in [0.1, 0.15) is 30.9 Å². The van der Waals surface area contributed by atoms with Gasteiger partial charge in [0, 0.05) is 32.6 Å². The van der Waals surface area contributed by atoms with Crippen molar-refractivity contribution >= 4 is 10.0 Å². The van der Waals surface area contributed by atoms with Gasteiger partial charge in [-0.25, -0.2) is 13.1 Å². The largest absolute Gasteiger partial charge is 0.493 e. The molecule has 0 amide bonds. The lowest BCUT2D eigenvalue weighted by molar-refractivity contribution is -0.0588. The second-order valence-corrected chi connectivity index (χ2v) is 7.75. The molecule has 1 aliphatic heterocycles. The summed E-state index contributed by atoms with van der Waals surface area (Å²) in [5, 5.41) is 10.4. The van der Waals surface area contributed by atoms with Gasteiger partial charge in [-0.2, -0.15) is 0 Å². The highest BCUT2D eigenvalue weighted by Crippen LogP contribution is 2.27. The Balaban J connectivity index is 2.16. The van der Waals surface area contributed by atoms with Crippen molar-refractivity contribution in [3.63, 3.8) is 0 Å². The first-order valence-corrected chi connectivity index (χ1v) is 9.29. The summed E-state index contributed by atoms with van der Waals surface area (Å²) in [5.41, 5.74) is 0.509. The summed E-state index contributed by atoms with van der Waals surface area (Å²) in [5.74, 6) is 0.717. The van der Waals surface area contributed by atoms with Gasteiger partial charge in [-0.3, -0.25) is 0 Å². The molecular formula is C16H25NO5S. The maximum atomic E-state index is 12.5. The molecule has 2 N–H and O–H groups in total. The van der Waals surface area contributed by atoms with E-state index >= 15 is 0 Å². The molecule has 0 bridgehead atoms. The van der Waals surface area contributed by atoms with Gasteiger partial charge >= 0.3 is 0 Å². The van der Waals surface area contributed by atoms with Gasteiger partial charge in [-0.05, 0) is 44.0 Å². The zero-order valence-electron chi connectivity index (χ0n) is 13.9. The van der Waals surface area contributed by atoms with Gasteiger partial charge in [0.05, 0.1) is 17.1 Å². The Morgan fingerprint density at radius 3 is 2.35 bits per heavy atom. The van der Waals surface area contributed by atoms with Crippen molar-refractivity contribution in [1.82, 2.24) is 4.72 Å². The molecule has 1 aromatic rings. The molecule has 2 rings (SSSR count). The molecule has 130 valence electrons. The first-order valence-electron chi connectivity index (χ1n) is 7.81. The SMILES string of the molecule is CCOc1c(C)cc(S(=O)(=O)NCC2(O)CCOCC2)cc1C. The molecule has 0 aliphatic carbocycles. The van der Waals surface area contributed by atoms with E-state index in [0.29, 0.717) is 32.7 Å². The fourth-order valence-electron chi connectivity index (χ4n) is 2.68. The van der Waals surface area contributed by atoms with Gasteiger partial charge < -0.3 is 14.6 Å². The van der Waals surface area contributed by atoms with E-state index in [1.54, 1.807) is 12.1 Å². The van der Waals surface area contributed by atoms with Crippen LogP contribution in [0.15, 0.2) is 17.0 Å². The number of aryl methyl sites for hydroxylation is 2. The second-order valence-electron chi connectivity index (χ2n) is 5.98. The summed E-state index contributed by atoms with van der Waals surface area (Å²) >= 11 is 0. The lowest BCUT2D eigenvalue weighted by Crippen LogP contribution is -2.46. The Hall–Kier alpha value is -1.15. The monoisotopic (exact) mass is 343 g/mol. The van der Waals surface area contributed by atoms with E-state index in [2.05, 4.69) is 4.72 Å². The van der Waals surface area contributed by atoms with E-state index in [1.807, 2.05) is 20.8 Å². The van der Waals surface area contributed by atoms with Crippen LogP contribution in [-0.2, 0) is 14.8 Å². The zero-order chi connectivity index (χ0) is 17.1. The average molecular weight is 343 g/mol. The minimum Gasteiger partial charge on any atom is -0.493 e. The summed E-state index contributed by atoms with van der Waals surface area (Å²) < 4.78 is 38.2. The molecule has 1 fully saturated rings. The molecule has 7 heteroatoms. The first kappa shape index (κ1) is 18.2. The highest BCUT2D eigenvalue weighted by atomic mass is 32.2. The molecule has 1 aromatic carbocycles. The molecular weight excluding hydrogens is 318 g/mol. The Labute approximate surface area is 137 Å². The fourth-order valence-corrected chi connectivity index (χ4v) is 3.97. The quantitative estimate of drug-likeness (QED) is 0.818. The smallest absolute Gasteiger partial charge is 0.240 e. The van der Waals surface area contributed by atoms with Crippen LogP contribution in [0.25, 0.3) is 0 Å². The van der Waals surface area contributed by atoms with Crippen LogP contribution in [0.5, 0.6) is 5.75 Å². The topological polar surface area (TPSA) is 84.9 Å². The average Bonchev–Trinajstić information content (AvgIpc) is 2.50. The number of hydrogen-bond acceptors (Lipinski definition) is 5. The van der Waals surface area contributed by atoms with Crippen molar-refractivity contribution in [3.05, 3.63) is 23.3 Å². The van der Waals surface area contributed by atoms with E-state index in [0.717, 1.165) is 16.9 Å². The van der Waals surface area contributed by atoms with Crippen LogP contribution in [-0.4, -0.2) is 45.5 Å². The third-order valence-electron chi connectivity index (χ3n) is 4.05. The molecule has 0 radical (unpaired) electrons. The number of sulfonamides is 1. The summed E-state index contributed by atoms with van der Waals surface area (Å²) in [6.45, 7) is 6.94. The van der Waals surface area contributed by atoms with Gasteiger partial charge in [0.15, 0.2) is 0 Å².